The van der Waals surface area contributed by atoms with Crippen LogP contribution >= 0.6 is 11.3 Å². The van der Waals surface area contributed by atoms with Crippen LogP contribution in [0.15, 0.2) is 47.8 Å². The Labute approximate surface area is 124 Å². The first kappa shape index (κ1) is 13.9. The maximum absolute atomic E-state index is 13.8. The maximum atomic E-state index is 13.8. The van der Waals surface area contributed by atoms with Crippen LogP contribution in [-0.2, 0) is 6.54 Å². The molecule has 2 aromatic carbocycles. The van der Waals surface area contributed by atoms with E-state index in [4.69, 9.17) is 5.73 Å². The highest BCUT2D eigenvalue weighted by Gasteiger charge is 2.11. The quantitative estimate of drug-likeness (QED) is 0.787. The zero-order chi connectivity index (χ0) is 14.8. The molecule has 0 saturated carbocycles. The van der Waals surface area contributed by atoms with Gasteiger partial charge < -0.3 is 5.73 Å². The molecule has 0 aliphatic rings. The van der Waals surface area contributed by atoms with Crippen LogP contribution in [-0.4, -0.2) is 4.98 Å². The Kier molecular flexibility index (Phi) is 3.77. The first-order valence-corrected chi connectivity index (χ1v) is 7.25. The summed E-state index contributed by atoms with van der Waals surface area (Å²) < 4.78 is 26.7. The van der Waals surface area contributed by atoms with E-state index in [0.717, 1.165) is 22.9 Å². The van der Waals surface area contributed by atoms with Crippen molar-refractivity contribution < 1.29 is 8.78 Å². The molecular weight excluding hydrogens is 290 g/mol. The molecule has 1 heterocycles. The van der Waals surface area contributed by atoms with Crippen molar-refractivity contribution in [2.45, 2.75) is 6.54 Å². The van der Waals surface area contributed by atoms with Gasteiger partial charge in [-0.25, -0.2) is 13.8 Å². The van der Waals surface area contributed by atoms with Crippen molar-refractivity contribution >= 4 is 11.3 Å². The zero-order valence-corrected chi connectivity index (χ0v) is 11.8. The Morgan fingerprint density at radius 3 is 2.71 bits per heavy atom. The molecule has 0 fully saturated rings. The van der Waals surface area contributed by atoms with Crippen molar-refractivity contribution in [3.05, 3.63) is 65.0 Å². The average molecular weight is 302 g/mol. The zero-order valence-electron chi connectivity index (χ0n) is 11.0. The molecule has 106 valence electrons. The summed E-state index contributed by atoms with van der Waals surface area (Å²) in [7, 11) is 0. The highest BCUT2D eigenvalue weighted by Crippen LogP contribution is 2.30. The Morgan fingerprint density at radius 2 is 1.95 bits per heavy atom. The molecule has 2 N–H and O–H groups in total. The molecular formula is C16H12F2N2S. The van der Waals surface area contributed by atoms with E-state index < -0.39 is 11.6 Å². The van der Waals surface area contributed by atoms with E-state index >= 15 is 0 Å². The first-order chi connectivity index (χ1) is 10.2. The van der Waals surface area contributed by atoms with Gasteiger partial charge in [0.1, 0.15) is 16.6 Å². The van der Waals surface area contributed by atoms with Gasteiger partial charge in [0.05, 0.1) is 5.69 Å². The molecule has 0 atom stereocenters. The lowest BCUT2D eigenvalue weighted by atomic mass is 10.1. The third kappa shape index (κ3) is 2.84. The van der Waals surface area contributed by atoms with Gasteiger partial charge in [-0.2, -0.15) is 0 Å². The number of halogens is 2. The molecule has 0 saturated heterocycles. The number of aromatic nitrogens is 1. The maximum Gasteiger partial charge on any atom is 0.136 e. The van der Waals surface area contributed by atoms with Crippen LogP contribution < -0.4 is 5.73 Å². The summed E-state index contributed by atoms with van der Waals surface area (Å²) >= 11 is 1.33. The van der Waals surface area contributed by atoms with Crippen molar-refractivity contribution in [1.29, 1.82) is 0 Å². The smallest absolute Gasteiger partial charge is 0.136 e. The monoisotopic (exact) mass is 302 g/mol. The molecule has 0 amide bonds. The molecule has 21 heavy (non-hydrogen) atoms. The van der Waals surface area contributed by atoms with Crippen LogP contribution in [0.2, 0.25) is 0 Å². The molecule has 3 rings (SSSR count). The Morgan fingerprint density at radius 1 is 1.10 bits per heavy atom. The van der Waals surface area contributed by atoms with Crippen LogP contribution in [0.25, 0.3) is 21.8 Å². The highest BCUT2D eigenvalue weighted by atomic mass is 32.1. The van der Waals surface area contributed by atoms with E-state index in [1.807, 2.05) is 29.6 Å². The number of rotatable bonds is 3. The summed E-state index contributed by atoms with van der Waals surface area (Å²) in [6, 6.07) is 11.2. The van der Waals surface area contributed by atoms with Crippen molar-refractivity contribution in [3.63, 3.8) is 0 Å². The van der Waals surface area contributed by atoms with Gasteiger partial charge in [-0.1, -0.05) is 18.2 Å². The molecule has 1 aromatic heterocycles. The topological polar surface area (TPSA) is 38.9 Å². The molecule has 0 spiro atoms. The number of thiazole rings is 1. The Hall–Kier alpha value is -2.11. The van der Waals surface area contributed by atoms with Gasteiger partial charge >= 0.3 is 0 Å². The second-order valence-corrected chi connectivity index (χ2v) is 5.42. The number of hydrogen-bond acceptors (Lipinski definition) is 3. The van der Waals surface area contributed by atoms with Gasteiger partial charge in [-0.05, 0) is 23.8 Å². The van der Waals surface area contributed by atoms with Crippen LogP contribution in [0.3, 0.4) is 0 Å². The highest BCUT2D eigenvalue weighted by molar-refractivity contribution is 7.13. The van der Waals surface area contributed by atoms with Crippen molar-refractivity contribution in [1.82, 2.24) is 4.98 Å². The summed E-state index contributed by atoms with van der Waals surface area (Å²) in [6.07, 6.45) is 0. The summed E-state index contributed by atoms with van der Waals surface area (Å²) in [5.74, 6) is -1.20. The van der Waals surface area contributed by atoms with E-state index in [2.05, 4.69) is 4.98 Å². The average Bonchev–Trinajstić information content (AvgIpc) is 2.97. The van der Waals surface area contributed by atoms with Gasteiger partial charge in [-0.15, -0.1) is 11.3 Å². The Balaban J connectivity index is 1.99. The number of hydrogen-bond donors (Lipinski definition) is 1. The van der Waals surface area contributed by atoms with Gasteiger partial charge in [0, 0.05) is 29.1 Å². The summed E-state index contributed by atoms with van der Waals surface area (Å²) in [5.41, 5.74) is 8.63. The minimum Gasteiger partial charge on any atom is -0.326 e. The number of nitrogens with zero attached hydrogens (tertiary/aromatic N) is 1. The second-order valence-electron chi connectivity index (χ2n) is 4.57. The lowest BCUT2D eigenvalue weighted by molar-refractivity contribution is 0.585. The van der Waals surface area contributed by atoms with E-state index in [0.29, 0.717) is 17.1 Å². The van der Waals surface area contributed by atoms with Crippen LogP contribution in [0.4, 0.5) is 8.78 Å². The molecule has 0 aliphatic heterocycles. The fourth-order valence-corrected chi connectivity index (χ4v) is 2.91. The van der Waals surface area contributed by atoms with E-state index in [-0.39, 0.29) is 0 Å². The van der Waals surface area contributed by atoms with Crippen LogP contribution in [0.1, 0.15) is 5.56 Å². The Bertz CT molecular complexity index is 783. The summed E-state index contributed by atoms with van der Waals surface area (Å²) in [5, 5.41) is 2.38. The standard InChI is InChI=1S/C16H12F2N2S/c17-12-4-5-13(14(18)7-12)16-20-15(9-21-16)11-3-1-2-10(6-11)8-19/h1-7,9H,8,19H2. The van der Waals surface area contributed by atoms with Crippen molar-refractivity contribution in [2.75, 3.05) is 0 Å². The van der Waals surface area contributed by atoms with Crippen molar-refractivity contribution in [3.8, 4) is 21.8 Å². The minimum absolute atomic E-state index is 0.308. The molecule has 5 heteroatoms. The first-order valence-electron chi connectivity index (χ1n) is 6.37. The molecule has 0 radical (unpaired) electrons. The molecule has 0 bridgehead atoms. The fraction of sp³-hybridized carbons (Fsp3) is 0.0625. The fourth-order valence-electron chi connectivity index (χ4n) is 2.05. The van der Waals surface area contributed by atoms with E-state index in [1.165, 1.54) is 23.5 Å². The predicted molar refractivity (Wildman–Crippen MR) is 80.8 cm³/mol. The molecule has 0 unspecified atom stereocenters. The number of nitrogens with two attached hydrogens (primary N) is 1. The van der Waals surface area contributed by atoms with Gasteiger partial charge in [0.25, 0.3) is 0 Å². The SMILES string of the molecule is NCc1cccc(-c2csc(-c3ccc(F)cc3F)n2)c1. The predicted octanol–water partition coefficient (Wildman–Crippen LogP) is 4.21. The molecule has 2 nitrogen and oxygen atoms in total. The molecule has 3 aromatic rings. The van der Waals surface area contributed by atoms with Crippen LogP contribution in [0.5, 0.6) is 0 Å². The minimum atomic E-state index is -0.605. The van der Waals surface area contributed by atoms with Gasteiger partial charge in [0.2, 0.25) is 0 Å². The third-order valence-electron chi connectivity index (χ3n) is 3.12. The molecule has 0 aliphatic carbocycles. The van der Waals surface area contributed by atoms with E-state index in [9.17, 15) is 8.78 Å². The van der Waals surface area contributed by atoms with Crippen LogP contribution in [0, 0.1) is 11.6 Å². The second kappa shape index (κ2) is 5.71. The van der Waals surface area contributed by atoms with Gasteiger partial charge in [0.15, 0.2) is 0 Å². The summed E-state index contributed by atoms with van der Waals surface area (Å²) in [4.78, 5) is 4.43. The van der Waals surface area contributed by atoms with E-state index in [1.54, 1.807) is 0 Å². The largest absolute Gasteiger partial charge is 0.326 e. The summed E-state index contributed by atoms with van der Waals surface area (Å²) in [6.45, 7) is 0.456. The van der Waals surface area contributed by atoms with Crippen molar-refractivity contribution in [2.24, 2.45) is 5.73 Å². The third-order valence-corrected chi connectivity index (χ3v) is 4.00. The van der Waals surface area contributed by atoms with Gasteiger partial charge in [-0.3, -0.25) is 0 Å². The lowest BCUT2D eigenvalue weighted by Crippen LogP contribution is -1.95. The lowest BCUT2D eigenvalue weighted by Gasteiger charge is -2.01. The number of benzene rings is 2. The normalized spacial score (nSPS) is 10.8.